The second kappa shape index (κ2) is 3.85. The van der Waals surface area contributed by atoms with E-state index in [4.69, 9.17) is 16.2 Å². The van der Waals surface area contributed by atoms with Crippen molar-refractivity contribution in [2.45, 2.75) is 63.3 Å². The van der Waals surface area contributed by atoms with Crippen LogP contribution in [0.25, 0.3) is 0 Å². The largest absolute Gasteiger partial charge is 0.444 e. The van der Waals surface area contributed by atoms with Gasteiger partial charge in [-0.2, -0.15) is 0 Å². The van der Waals surface area contributed by atoms with Gasteiger partial charge in [-0.25, -0.2) is 4.79 Å². The second-order valence-electron chi connectivity index (χ2n) is 6.35. The molecule has 4 N–H and O–H groups in total. The summed E-state index contributed by atoms with van der Waals surface area (Å²) < 4.78 is 5.43. The van der Waals surface area contributed by atoms with Crippen molar-refractivity contribution in [3.05, 3.63) is 0 Å². The van der Waals surface area contributed by atoms with Crippen LogP contribution in [0.4, 0.5) is 4.79 Å². The average molecular weight is 241 g/mol. The van der Waals surface area contributed by atoms with Crippen molar-refractivity contribution in [3.63, 3.8) is 0 Å². The van der Waals surface area contributed by atoms with Gasteiger partial charge in [-0.3, -0.25) is 0 Å². The Morgan fingerprint density at radius 1 is 1.29 bits per heavy atom. The summed E-state index contributed by atoms with van der Waals surface area (Å²) in [7, 11) is 0. The first-order valence-electron chi connectivity index (χ1n) is 6.25. The van der Waals surface area contributed by atoms with Crippen molar-refractivity contribution >= 4 is 6.09 Å². The lowest BCUT2D eigenvalue weighted by atomic mass is 9.92. The molecule has 0 radical (unpaired) electrons. The van der Waals surface area contributed by atoms with Gasteiger partial charge in [0, 0.05) is 24.2 Å². The Hall–Kier alpha value is -0.810. The van der Waals surface area contributed by atoms with Crippen LogP contribution in [0.1, 0.15) is 40.0 Å². The third kappa shape index (κ3) is 2.55. The fourth-order valence-corrected chi connectivity index (χ4v) is 2.44. The van der Waals surface area contributed by atoms with Crippen LogP contribution in [0, 0.1) is 0 Å². The molecule has 0 aromatic rings. The zero-order valence-electron chi connectivity index (χ0n) is 10.9. The van der Waals surface area contributed by atoms with E-state index in [1.54, 1.807) is 4.90 Å². The highest BCUT2D eigenvalue weighted by molar-refractivity contribution is 5.70. The first-order chi connectivity index (χ1) is 7.73. The summed E-state index contributed by atoms with van der Waals surface area (Å²) in [6.45, 7) is 6.14. The molecule has 2 aliphatic rings. The Labute approximate surface area is 102 Å². The normalized spacial score (nSPS) is 31.5. The Bertz CT molecular complexity index is 320. The summed E-state index contributed by atoms with van der Waals surface area (Å²) in [4.78, 5) is 13.9. The SMILES string of the molecule is CC(C)(C)OC(=O)N1CC(N)C(N)CC12CC2. The fraction of sp³-hybridized carbons (Fsp3) is 0.917. The van der Waals surface area contributed by atoms with E-state index in [2.05, 4.69) is 0 Å². The molecular weight excluding hydrogens is 218 g/mol. The highest BCUT2D eigenvalue weighted by Gasteiger charge is 2.55. The molecule has 0 bridgehead atoms. The molecule has 1 spiro atoms. The van der Waals surface area contributed by atoms with Gasteiger partial charge in [0.25, 0.3) is 0 Å². The van der Waals surface area contributed by atoms with E-state index in [0.717, 1.165) is 19.3 Å². The molecule has 1 saturated carbocycles. The van der Waals surface area contributed by atoms with Gasteiger partial charge in [0.1, 0.15) is 5.60 Å². The highest BCUT2D eigenvalue weighted by Crippen LogP contribution is 2.48. The molecule has 98 valence electrons. The maximum atomic E-state index is 12.1. The Morgan fingerprint density at radius 2 is 1.88 bits per heavy atom. The Kier molecular flexibility index (Phi) is 2.86. The van der Waals surface area contributed by atoms with E-state index < -0.39 is 5.60 Å². The highest BCUT2D eigenvalue weighted by atomic mass is 16.6. The molecule has 0 aromatic carbocycles. The van der Waals surface area contributed by atoms with Crippen molar-refractivity contribution in [1.29, 1.82) is 0 Å². The lowest BCUT2D eigenvalue weighted by Gasteiger charge is -2.42. The number of nitrogens with zero attached hydrogens (tertiary/aromatic N) is 1. The standard InChI is InChI=1S/C12H23N3O2/c1-11(2,3)17-10(16)15-7-9(14)8(13)6-12(15)4-5-12/h8-9H,4-7,13-14H2,1-3H3. The van der Waals surface area contributed by atoms with Crippen LogP contribution in [0.5, 0.6) is 0 Å². The topological polar surface area (TPSA) is 81.6 Å². The van der Waals surface area contributed by atoms with Gasteiger partial charge in [-0.15, -0.1) is 0 Å². The number of hydrogen-bond donors (Lipinski definition) is 2. The molecule has 0 aromatic heterocycles. The molecule has 2 atom stereocenters. The molecule has 1 aliphatic carbocycles. The number of amides is 1. The lowest BCUT2D eigenvalue weighted by Crippen LogP contribution is -2.62. The summed E-state index contributed by atoms with van der Waals surface area (Å²) >= 11 is 0. The zero-order valence-corrected chi connectivity index (χ0v) is 10.9. The molecule has 1 aliphatic heterocycles. The quantitative estimate of drug-likeness (QED) is 0.657. The molecular formula is C12H23N3O2. The summed E-state index contributed by atoms with van der Waals surface area (Å²) in [6.07, 6.45) is 2.59. The molecule has 1 amide bonds. The van der Waals surface area contributed by atoms with Gasteiger partial charge >= 0.3 is 6.09 Å². The van der Waals surface area contributed by atoms with Crippen molar-refractivity contribution in [2.75, 3.05) is 6.54 Å². The van der Waals surface area contributed by atoms with Crippen LogP contribution in [-0.4, -0.2) is 40.8 Å². The number of carbonyl (C=O) groups excluding carboxylic acids is 1. The first kappa shape index (κ1) is 12.6. The van der Waals surface area contributed by atoms with E-state index in [1.807, 2.05) is 20.8 Å². The third-order valence-corrected chi connectivity index (χ3v) is 3.57. The smallest absolute Gasteiger partial charge is 0.410 e. The number of ether oxygens (including phenoxy) is 1. The molecule has 1 heterocycles. The lowest BCUT2D eigenvalue weighted by molar-refractivity contribution is 0.00130. The number of piperidine rings is 1. The minimum Gasteiger partial charge on any atom is -0.444 e. The maximum absolute atomic E-state index is 12.1. The molecule has 2 fully saturated rings. The number of hydrogen-bond acceptors (Lipinski definition) is 4. The fourth-order valence-electron chi connectivity index (χ4n) is 2.44. The van der Waals surface area contributed by atoms with Gasteiger partial charge < -0.3 is 21.1 Å². The van der Waals surface area contributed by atoms with E-state index in [-0.39, 0.29) is 23.7 Å². The van der Waals surface area contributed by atoms with Crippen LogP contribution in [0.3, 0.4) is 0 Å². The summed E-state index contributed by atoms with van der Waals surface area (Å²) in [5.74, 6) is 0. The van der Waals surface area contributed by atoms with Gasteiger partial charge in [-0.05, 0) is 40.0 Å². The summed E-state index contributed by atoms with van der Waals surface area (Å²) in [5.41, 5.74) is 11.4. The van der Waals surface area contributed by atoms with E-state index >= 15 is 0 Å². The minimum absolute atomic E-state index is 0.00353. The molecule has 2 rings (SSSR count). The van der Waals surface area contributed by atoms with Crippen LogP contribution in [0.2, 0.25) is 0 Å². The second-order valence-corrected chi connectivity index (χ2v) is 6.35. The van der Waals surface area contributed by atoms with Crippen LogP contribution in [0.15, 0.2) is 0 Å². The molecule has 2 unspecified atom stereocenters. The molecule has 5 heteroatoms. The van der Waals surface area contributed by atoms with Gasteiger partial charge in [0.05, 0.1) is 0 Å². The molecule has 5 nitrogen and oxygen atoms in total. The van der Waals surface area contributed by atoms with Crippen molar-refractivity contribution in [1.82, 2.24) is 4.90 Å². The molecule has 1 saturated heterocycles. The average Bonchev–Trinajstić information content (AvgIpc) is 2.89. The number of carbonyl (C=O) groups is 1. The van der Waals surface area contributed by atoms with E-state index in [1.165, 1.54) is 0 Å². The van der Waals surface area contributed by atoms with Crippen LogP contribution >= 0.6 is 0 Å². The van der Waals surface area contributed by atoms with Gasteiger partial charge in [0.15, 0.2) is 0 Å². The van der Waals surface area contributed by atoms with Crippen molar-refractivity contribution < 1.29 is 9.53 Å². The van der Waals surface area contributed by atoms with Gasteiger partial charge in [-0.1, -0.05) is 0 Å². The maximum Gasteiger partial charge on any atom is 0.410 e. The predicted molar refractivity (Wildman–Crippen MR) is 65.5 cm³/mol. The first-order valence-corrected chi connectivity index (χ1v) is 6.25. The van der Waals surface area contributed by atoms with Crippen molar-refractivity contribution in [2.24, 2.45) is 11.5 Å². The summed E-state index contributed by atoms with van der Waals surface area (Å²) in [6, 6.07) is -0.148. The van der Waals surface area contributed by atoms with Crippen molar-refractivity contribution in [3.8, 4) is 0 Å². The van der Waals surface area contributed by atoms with Crippen LogP contribution < -0.4 is 11.5 Å². The van der Waals surface area contributed by atoms with E-state index in [0.29, 0.717) is 6.54 Å². The monoisotopic (exact) mass is 241 g/mol. The third-order valence-electron chi connectivity index (χ3n) is 3.57. The Morgan fingerprint density at radius 3 is 2.35 bits per heavy atom. The zero-order chi connectivity index (χ0) is 12.8. The number of rotatable bonds is 0. The van der Waals surface area contributed by atoms with Gasteiger partial charge in [0.2, 0.25) is 0 Å². The number of likely N-dealkylation sites (tertiary alicyclic amines) is 1. The molecule has 17 heavy (non-hydrogen) atoms. The van der Waals surface area contributed by atoms with E-state index in [9.17, 15) is 4.79 Å². The Balaban J connectivity index is 2.07. The van der Waals surface area contributed by atoms with Crippen LogP contribution in [-0.2, 0) is 4.74 Å². The number of nitrogens with two attached hydrogens (primary N) is 2. The summed E-state index contributed by atoms with van der Waals surface area (Å²) in [5, 5.41) is 0. The minimum atomic E-state index is -0.461. The predicted octanol–water partition coefficient (Wildman–Crippen LogP) is 0.814.